The average molecular weight is 288 g/mol. The van der Waals surface area contributed by atoms with E-state index in [9.17, 15) is 4.39 Å². The number of nitrogens with two attached hydrogens (primary N) is 1. The minimum atomic E-state index is -0.469. The molecular weight excluding hydrogens is 275 g/mol. The molecule has 0 aliphatic rings. The Morgan fingerprint density at radius 1 is 1.20 bits per heavy atom. The SMILES string of the molecule is COc1cc(Nc2ccc3sccc3c2)c(N)cc1F. The number of fused-ring (bicyclic) bond motifs is 1. The zero-order valence-electron chi connectivity index (χ0n) is 10.8. The second-order valence-electron chi connectivity index (χ2n) is 4.37. The van der Waals surface area contributed by atoms with Crippen molar-refractivity contribution in [3.8, 4) is 5.75 Å². The third-order valence-corrected chi connectivity index (χ3v) is 3.95. The fourth-order valence-electron chi connectivity index (χ4n) is 2.03. The molecule has 0 aliphatic heterocycles. The molecule has 0 fully saturated rings. The Hall–Kier alpha value is -2.27. The molecule has 0 saturated carbocycles. The van der Waals surface area contributed by atoms with Crippen molar-refractivity contribution >= 4 is 38.5 Å². The molecule has 0 saturated heterocycles. The van der Waals surface area contributed by atoms with Gasteiger partial charge < -0.3 is 15.8 Å². The Balaban J connectivity index is 1.97. The maximum atomic E-state index is 13.5. The molecule has 102 valence electrons. The molecule has 3 rings (SSSR count). The summed E-state index contributed by atoms with van der Waals surface area (Å²) in [6, 6.07) is 10.9. The zero-order chi connectivity index (χ0) is 14.1. The first-order valence-corrected chi connectivity index (χ1v) is 6.92. The molecule has 0 bridgehead atoms. The topological polar surface area (TPSA) is 47.3 Å². The summed E-state index contributed by atoms with van der Waals surface area (Å²) < 4.78 is 19.7. The molecule has 0 aliphatic carbocycles. The molecule has 3 nitrogen and oxygen atoms in total. The van der Waals surface area contributed by atoms with Crippen LogP contribution < -0.4 is 15.8 Å². The second-order valence-corrected chi connectivity index (χ2v) is 5.32. The summed E-state index contributed by atoms with van der Waals surface area (Å²) in [7, 11) is 1.43. The van der Waals surface area contributed by atoms with Gasteiger partial charge in [0.05, 0.1) is 18.5 Å². The molecule has 1 aromatic heterocycles. The molecule has 0 radical (unpaired) electrons. The predicted octanol–water partition coefficient (Wildman–Crippen LogP) is 4.37. The highest BCUT2D eigenvalue weighted by molar-refractivity contribution is 7.17. The van der Waals surface area contributed by atoms with E-state index >= 15 is 0 Å². The van der Waals surface area contributed by atoms with E-state index in [-0.39, 0.29) is 5.75 Å². The highest BCUT2D eigenvalue weighted by Gasteiger charge is 2.09. The molecule has 0 spiro atoms. The van der Waals surface area contributed by atoms with Crippen molar-refractivity contribution < 1.29 is 9.13 Å². The first-order valence-electron chi connectivity index (χ1n) is 6.04. The van der Waals surface area contributed by atoms with Crippen molar-refractivity contribution in [1.82, 2.24) is 0 Å². The number of nitrogens with one attached hydrogen (secondary N) is 1. The van der Waals surface area contributed by atoms with Crippen LogP contribution >= 0.6 is 11.3 Å². The minimum absolute atomic E-state index is 0.165. The van der Waals surface area contributed by atoms with Crippen LogP contribution in [0.15, 0.2) is 41.8 Å². The molecule has 0 unspecified atom stereocenters. The van der Waals surface area contributed by atoms with Crippen LogP contribution in [0.1, 0.15) is 0 Å². The molecule has 2 aromatic carbocycles. The normalized spacial score (nSPS) is 10.7. The van der Waals surface area contributed by atoms with Crippen LogP contribution in [-0.4, -0.2) is 7.11 Å². The van der Waals surface area contributed by atoms with E-state index in [0.29, 0.717) is 11.4 Å². The number of hydrogen-bond donors (Lipinski definition) is 2. The second kappa shape index (κ2) is 5.02. The summed E-state index contributed by atoms with van der Waals surface area (Å²) in [6.07, 6.45) is 0. The van der Waals surface area contributed by atoms with Gasteiger partial charge in [-0.25, -0.2) is 4.39 Å². The maximum Gasteiger partial charge on any atom is 0.167 e. The van der Waals surface area contributed by atoms with E-state index in [1.54, 1.807) is 17.4 Å². The lowest BCUT2D eigenvalue weighted by Gasteiger charge is -2.12. The average Bonchev–Trinajstić information content (AvgIpc) is 2.89. The van der Waals surface area contributed by atoms with E-state index in [2.05, 4.69) is 11.4 Å². The first-order chi connectivity index (χ1) is 9.67. The molecule has 5 heteroatoms. The molecular formula is C15H13FN2OS. The molecule has 3 N–H and O–H groups in total. The van der Waals surface area contributed by atoms with Crippen LogP contribution in [0.25, 0.3) is 10.1 Å². The smallest absolute Gasteiger partial charge is 0.167 e. The summed E-state index contributed by atoms with van der Waals surface area (Å²) in [6.45, 7) is 0. The third kappa shape index (κ3) is 2.28. The summed E-state index contributed by atoms with van der Waals surface area (Å²) in [5.41, 5.74) is 7.69. The van der Waals surface area contributed by atoms with E-state index in [1.165, 1.54) is 17.9 Å². The van der Waals surface area contributed by atoms with Crippen molar-refractivity contribution in [2.75, 3.05) is 18.2 Å². The van der Waals surface area contributed by atoms with Gasteiger partial charge in [-0.3, -0.25) is 0 Å². The van der Waals surface area contributed by atoms with Gasteiger partial charge in [-0.1, -0.05) is 0 Å². The Kier molecular flexibility index (Phi) is 3.20. The van der Waals surface area contributed by atoms with Crippen molar-refractivity contribution in [2.45, 2.75) is 0 Å². The van der Waals surface area contributed by atoms with Crippen molar-refractivity contribution in [3.05, 3.63) is 47.6 Å². The van der Waals surface area contributed by atoms with Gasteiger partial charge in [0.25, 0.3) is 0 Å². The fourth-order valence-corrected chi connectivity index (χ4v) is 2.80. The van der Waals surface area contributed by atoms with Gasteiger partial charge in [-0.15, -0.1) is 11.3 Å². The lowest BCUT2D eigenvalue weighted by Crippen LogP contribution is -1.99. The van der Waals surface area contributed by atoms with E-state index in [4.69, 9.17) is 10.5 Å². The molecule has 20 heavy (non-hydrogen) atoms. The van der Waals surface area contributed by atoms with Gasteiger partial charge in [0.2, 0.25) is 0 Å². The summed E-state index contributed by atoms with van der Waals surface area (Å²) in [5, 5.41) is 6.39. The summed E-state index contributed by atoms with van der Waals surface area (Å²) >= 11 is 1.69. The highest BCUT2D eigenvalue weighted by Crippen LogP contribution is 2.32. The summed E-state index contributed by atoms with van der Waals surface area (Å²) in [5.74, 6) is -0.304. The van der Waals surface area contributed by atoms with Crippen molar-refractivity contribution in [3.63, 3.8) is 0 Å². The predicted molar refractivity (Wildman–Crippen MR) is 82.5 cm³/mol. The zero-order valence-corrected chi connectivity index (χ0v) is 11.6. The largest absolute Gasteiger partial charge is 0.494 e. The van der Waals surface area contributed by atoms with Crippen LogP contribution in [-0.2, 0) is 0 Å². The van der Waals surface area contributed by atoms with Gasteiger partial charge >= 0.3 is 0 Å². The standard InChI is InChI=1S/C15H13FN2OS/c1-19-14-8-13(12(17)7-11(14)16)18-10-2-3-15-9(6-10)4-5-20-15/h2-8,18H,17H2,1H3. The van der Waals surface area contributed by atoms with Gasteiger partial charge in [-0.05, 0) is 35.0 Å². The number of rotatable bonds is 3. The lowest BCUT2D eigenvalue weighted by atomic mass is 10.2. The number of halogens is 1. The third-order valence-electron chi connectivity index (χ3n) is 3.06. The molecule has 1 heterocycles. The number of nitrogen functional groups attached to an aromatic ring is 1. The van der Waals surface area contributed by atoms with Gasteiger partial charge in [0, 0.05) is 22.5 Å². The monoisotopic (exact) mass is 288 g/mol. The van der Waals surface area contributed by atoms with Crippen molar-refractivity contribution in [1.29, 1.82) is 0 Å². The van der Waals surface area contributed by atoms with Gasteiger partial charge in [0.1, 0.15) is 0 Å². The van der Waals surface area contributed by atoms with Crippen LogP contribution in [0, 0.1) is 5.82 Å². The van der Waals surface area contributed by atoms with Crippen LogP contribution in [0.4, 0.5) is 21.5 Å². The molecule has 0 atom stereocenters. The van der Waals surface area contributed by atoms with Gasteiger partial charge in [-0.2, -0.15) is 0 Å². The van der Waals surface area contributed by atoms with Crippen LogP contribution in [0.3, 0.4) is 0 Å². The van der Waals surface area contributed by atoms with Crippen molar-refractivity contribution in [2.24, 2.45) is 0 Å². The highest BCUT2D eigenvalue weighted by atomic mass is 32.1. The Bertz CT molecular complexity index is 770. The quantitative estimate of drug-likeness (QED) is 0.703. The Morgan fingerprint density at radius 2 is 2.05 bits per heavy atom. The molecule has 0 amide bonds. The minimum Gasteiger partial charge on any atom is -0.494 e. The van der Waals surface area contributed by atoms with E-state index in [1.807, 2.05) is 23.6 Å². The van der Waals surface area contributed by atoms with E-state index < -0.39 is 5.82 Å². The number of hydrogen-bond acceptors (Lipinski definition) is 4. The lowest BCUT2D eigenvalue weighted by molar-refractivity contribution is 0.387. The van der Waals surface area contributed by atoms with Crippen LogP contribution in [0.5, 0.6) is 5.75 Å². The van der Waals surface area contributed by atoms with E-state index in [0.717, 1.165) is 11.1 Å². The Labute approximate surface area is 119 Å². The van der Waals surface area contributed by atoms with Gasteiger partial charge in [0.15, 0.2) is 11.6 Å². The number of ether oxygens (including phenoxy) is 1. The Morgan fingerprint density at radius 3 is 2.85 bits per heavy atom. The molecule has 3 aromatic rings. The maximum absolute atomic E-state index is 13.5. The van der Waals surface area contributed by atoms with Crippen LogP contribution in [0.2, 0.25) is 0 Å². The number of anilines is 3. The fraction of sp³-hybridized carbons (Fsp3) is 0.0667. The number of benzene rings is 2. The number of thiophene rings is 1. The number of methoxy groups -OCH3 is 1. The summed E-state index contributed by atoms with van der Waals surface area (Å²) in [4.78, 5) is 0. The first kappa shape index (κ1) is 12.7.